The molecule has 290 valence electrons. The Hall–Kier alpha value is -4.97. The summed E-state index contributed by atoms with van der Waals surface area (Å²) >= 11 is 0. The normalized spacial score (nSPS) is 22.1. The second kappa shape index (κ2) is 16.6. The number of nitrogens with zero attached hydrogens (tertiary/aromatic N) is 3. The van der Waals surface area contributed by atoms with Gasteiger partial charge in [-0.15, -0.1) is 0 Å². The Morgan fingerprint density at radius 1 is 0.870 bits per heavy atom. The van der Waals surface area contributed by atoms with Crippen LogP contribution in [0.4, 0.5) is 4.79 Å². The summed E-state index contributed by atoms with van der Waals surface area (Å²) < 4.78 is 28.7. The summed E-state index contributed by atoms with van der Waals surface area (Å²) in [6, 6.07) is 17.3. The number of rotatable bonds is 12. The fraction of sp³-hybridized carbons (Fsp3) is 0.500. The van der Waals surface area contributed by atoms with Gasteiger partial charge in [-0.05, 0) is 90.7 Å². The van der Waals surface area contributed by atoms with E-state index >= 15 is 0 Å². The number of likely N-dealkylation sites (N-methyl/N-ethyl adjacent to an activating group) is 1. The molecule has 1 spiro atoms. The maximum atomic E-state index is 14.8. The average molecular weight is 744 g/mol. The number of carbonyl (C=O) groups is 3. The number of hydrogen-bond donors (Lipinski definition) is 1. The summed E-state index contributed by atoms with van der Waals surface area (Å²) in [5.74, 6) is 0.521. The molecule has 54 heavy (non-hydrogen) atoms. The molecule has 0 saturated heterocycles. The highest BCUT2D eigenvalue weighted by Gasteiger charge is 2.58. The van der Waals surface area contributed by atoms with Crippen molar-refractivity contribution in [3.8, 4) is 23.0 Å². The summed E-state index contributed by atoms with van der Waals surface area (Å²) in [6.45, 7) is 4.33. The van der Waals surface area contributed by atoms with Gasteiger partial charge in [-0.1, -0.05) is 37.3 Å². The van der Waals surface area contributed by atoms with Crippen LogP contribution in [-0.4, -0.2) is 99.4 Å². The molecule has 2 aliphatic heterocycles. The first kappa shape index (κ1) is 38.7. The second-order valence-electron chi connectivity index (χ2n) is 14.4. The number of benzene rings is 3. The topological polar surface area (TPSA) is 127 Å². The van der Waals surface area contributed by atoms with Gasteiger partial charge in [0.1, 0.15) is 6.61 Å². The SMILES string of the molecule is CCN1CCc2cc(OC)c(OC)cc2C1C1CC(C(=O)O)CCC12c1cc(OC)c(OC)cc1CCN2C(=O)CCN(C)C(=O)OCc1ccccc1. The lowest BCUT2D eigenvalue weighted by molar-refractivity contribution is -0.155. The maximum absolute atomic E-state index is 14.8. The van der Waals surface area contributed by atoms with Crippen LogP contribution in [0.2, 0.25) is 0 Å². The smallest absolute Gasteiger partial charge is 0.409 e. The van der Waals surface area contributed by atoms with Crippen molar-refractivity contribution in [3.05, 3.63) is 82.4 Å². The van der Waals surface area contributed by atoms with E-state index in [1.807, 2.05) is 59.5 Å². The molecule has 3 aromatic rings. The maximum Gasteiger partial charge on any atom is 0.409 e. The first-order valence-electron chi connectivity index (χ1n) is 18.8. The van der Waals surface area contributed by atoms with Gasteiger partial charge in [-0.2, -0.15) is 0 Å². The number of aliphatic carboxylic acids is 1. The van der Waals surface area contributed by atoms with Crippen LogP contribution in [0.3, 0.4) is 0 Å². The van der Waals surface area contributed by atoms with Gasteiger partial charge in [0.2, 0.25) is 5.91 Å². The van der Waals surface area contributed by atoms with Gasteiger partial charge in [0.05, 0.1) is 39.9 Å². The van der Waals surface area contributed by atoms with E-state index in [0.29, 0.717) is 55.2 Å². The van der Waals surface area contributed by atoms with E-state index in [2.05, 4.69) is 11.8 Å². The molecule has 3 aliphatic rings. The standard InChI is InChI=1S/C42H53N3O9/c1-7-44-19-14-28-22-34(50-3)36(52-5)24-31(28)39(44)33-21-30(40(47)48)13-17-42(33)32-25-37(53-6)35(51-4)23-29(32)15-20-45(42)38(46)16-18-43(2)41(49)54-26-27-11-9-8-10-12-27/h8-12,22-25,30,33,39H,7,13-21,26H2,1-6H3,(H,47,48). The molecule has 12 heteroatoms. The summed E-state index contributed by atoms with van der Waals surface area (Å²) in [7, 11) is 8.10. The lowest BCUT2D eigenvalue weighted by Crippen LogP contribution is -2.62. The lowest BCUT2D eigenvalue weighted by Gasteiger charge is -2.59. The van der Waals surface area contributed by atoms with Gasteiger partial charge in [0.25, 0.3) is 0 Å². The lowest BCUT2D eigenvalue weighted by atomic mass is 9.58. The molecule has 4 atom stereocenters. The Bertz CT molecular complexity index is 1840. The van der Waals surface area contributed by atoms with Crippen LogP contribution in [0.25, 0.3) is 0 Å². The number of carboxylic acids is 1. The predicted octanol–water partition coefficient (Wildman–Crippen LogP) is 6.08. The van der Waals surface area contributed by atoms with E-state index in [4.69, 9.17) is 23.7 Å². The zero-order valence-corrected chi connectivity index (χ0v) is 32.3. The van der Waals surface area contributed by atoms with Crippen LogP contribution in [0, 0.1) is 11.8 Å². The van der Waals surface area contributed by atoms with Crippen LogP contribution in [0.5, 0.6) is 23.0 Å². The molecule has 0 aromatic heterocycles. The van der Waals surface area contributed by atoms with E-state index in [9.17, 15) is 19.5 Å². The molecule has 12 nitrogen and oxygen atoms in total. The number of hydrogen-bond acceptors (Lipinski definition) is 9. The van der Waals surface area contributed by atoms with Crippen LogP contribution in [0.15, 0.2) is 54.6 Å². The van der Waals surface area contributed by atoms with Crippen molar-refractivity contribution in [1.29, 1.82) is 0 Å². The molecule has 3 aromatic carbocycles. The fourth-order valence-electron chi connectivity index (χ4n) is 9.11. The Labute approximate surface area is 317 Å². The van der Waals surface area contributed by atoms with Crippen molar-refractivity contribution < 1.29 is 43.2 Å². The minimum Gasteiger partial charge on any atom is -0.493 e. The quantitative estimate of drug-likeness (QED) is 0.233. The van der Waals surface area contributed by atoms with Gasteiger partial charge in [-0.3, -0.25) is 14.5 Å². The summed E-state index contributed by atoms with van der Waals surface area (Å²) in [4.78, 5) is 46.5. The average Bonchev–Trinajstić information content (AvgIpc) is 3.20. The molecule has 6 rings (SSSR count). The zero-order chi connectivity index (χ0) is 38.6. The van der Waals surface area contributed by atoms with Gasteiger partial charge in [0, 0.05) is 45.1 Å². The van der Waals surface area contributed by atoms with Gasteiger partial charge < -0.3 is 38.6 Å². The van der Waals surface area contributed by atoms with Crippen LogP contribution in [0.1, 0.15) is 66.5 Å². The van der Waals surface area contributed by atoms with Crippen LogP contribution in [-0.2, 0) is 39.3 Å². The third-order valence-corrected chi connectivity index (χ3v) is 11.8. The highest BCUT2D eigenvalue weighted by atomic mass is 16.6. The number of carboxylic acid groups (broad SMARTS) is 1. The minimum atomic E-state index is -0.900. The zero-order valence-electron chi connectivity index (χ0n) is 32.3. The second-order valence-corrected chi connectivity index (χ2v) is 14.4. The summed E-state index contributed by atoms with van der Waals surface area (Å²) in [5.41, 5.74) is 4.14. The van der Waals surface area contributed by atoms with Crippen molar-refractivity contribution in [2.24, 2.45) is 11.8 Å². The monoisotopic (exact) mass is 743 g/mol. The molecule has 0 radical (unpaired) electrons. The van der Waals surface area contributed by atoms with Crippen molar-refractivity contribution in [1.82, 2.24) is 14.7 Å². The molecule has 2 heterocycles. The van der Waals surface area contributed by atoms with E-state index in [1.54, 1.807) is 35.5 Å². The van der Waals surface area contributed by atoms with E-state index in [0.717, 1.165) is 47.3 Å². The molecule has 1 aliphatic carbocycles. The van der Waals surface area contributed by atoms with E-state index in [1.165, 1.54) is 4.90 Å². The number of ether oxygens (including phenoxy) is 5. The van der Waals surface area contributed by atoms with Crippen molar-refractivity contribution in [2.75, 3.05) is 61.7 Å². The van der Waals surface area contributed by atoms with E-state index < -0.39 is 23.5 Å². The third-order valence-electron chi connectivity index (χ3n) is 11.8. The molecular weight excluding hydrogens is 690 g/mol. The Morgan fingerprint density at radius 3 is 2.15 bits per heavy atom. The first-order valence-corrected chi connectivity index (χ1v) is 18.8. The predicted molar refractivity (Wildman–Crippen MR) is 202 cm³/mol. The molecular formula is C42H53N3O9. The molecule has 1 fully saturated rings. The van der Waals surface area contributed by atoms with Crippen molar-refractivity contribution >= 4 is 18.0 Å². The minimum absolute atomic E-state index is 0.0696. The highest BCUT2D eigenvalue weighted by Crippen LogP contribution is 2.59. The number of fused-ring (bicyclic) bond motifs is 3. The third kappa shape index (κ3) is 7.28. The highest BCUT2D eigenvalue weighted by molar-refractivity contribution is 5.79. The first-order chi connectivity index (χ1) is 26.1. The number of carbonyl (C=O) groups excluding carboxylic acids is 2. The largest absolute Gasteiger partial charge is 0.493 e. The number of amides is 2. The van der Waals surface area contributed by atoms with Crippen LogP contribution < -0.4 is 18.9 Å². The Balaban J connectivity index is 1.44. The van der Waals surface area contributed by atoms with Crippen molar-refractivity contribution in [2.45, 2.75) is 63.6 Å². The Kier molecular flexibility index (Phi) is 11.9. The van der Waals surface area contributed by atoms with Gasteiger partial charge in [0.15, 0.2) is 23.0 Å². The Morgan fingerprint density at radius 2 is 1.50 bits per heavy atom. The molecule has 4 unspecified atom stereocenters. The molecule has 2 amide bonds. The number of methoxy groups -OCH3 is 4. The summed E-state index contributed by atoms with van der Waals surface area (Å²) in [5, 5.41) is 10.5. The summed E-state index contributed by atoms with van der Waals surface area (Å²) in [6.07, 6.45) is 2.12. The van der Waals surface area contributed by atoms with Gasteiger partial charge >= 0.3 is 12.1 Å². The van der Waals surface area contributed by atoms with E-state index in [-0.39, 0.29) is 37.4 Å². The fourth-order valence-corrected chi connectivity index (χ4v) is 9.11. The van der Waals surface area contributed by atoms with Crippen molar-refractivity contribution in [3.63, 3.8) is 0 Å². The molecule has 0 bridgehead atoms. The molecule has 1 saturated carbocycles. The van der Waals surface area contributed by atoms with Gasteiger partial charge in [-0.25, -0.2) is 4.79 Å². The molecule has 1 N–H and O–H groups in total. The van der Waals surface area contributed by atoms with Crippen LogP contribution >= 0.6 is 0 Å².